The summed E-state index contributed by atoms with van der Waals surface area (Å²) in [6.45, 7) is 3.79. The van der Waals surface area contributed by atoms with E-state index in [9.17, 15) is 0 Å². The van der Waals surface area contributed by atoms with Crippen LogP contribution in [-0.2, 0) is 0 Å². The van der Waals surface area contributed by atoms with Crippen molar-refractivity contribution in [1.82, 2.24) is 15.2 Å². The monoisotopic (exact) mass is 393 g/mol. The van der Waals surface area contributed by atoms with Gasteiger partial charge in [0.15, 0.2) is 0 Å². The van der Waals surface area contributed by atoms with Gasteiger partial charge in [-0.2, -0.15) is 0 Å². The maximum Gasteiger partial charge on any atom is 0.264 e. The van der Waals surface area contributed by atoms with Crippen molar-refractivity contribution in [2.75, 3.05) is 0 Å². The van der Waals surface area contributed by atoms with Gasteiger partial charge in [-0.25, -0.2) is 0 Å². The molecule has 0 aliphatic heterocycles. The second-order valence-electron chi connectivity index (χ2n) is 4.05. The number of nitrogens with zero attached hydrogens (tertiary/aromatic N) is 2. The summed E-state index contributed by atoms with van der Waals surface area (Å²) >= 11 is 6.79. The number of aromatic amines is 1. The van der Waals surface area contributed by atoms with Crippen molar-refractivity contribution in [3.05, 3.63) is 51.6 Å². The highest BCUT2D eigenvalue weighted by Gasteiger charge is 2.14. The molecule has 0 aliphatic rings. The van der Waals surface area contributed by atoms with E-state index in [1.807, 2.05) is 30.3 Å². The molecule has 1 N–H and O–H groups in total. The molecule has 100 valence electrons. The second kappa shape index (κ2) is 5.38. The number of H-pyrrole nitrogens is 1. The van der Waals surface area contributed by atoms with E-state index in [-0.39, 0.29) is 0 Å². The molecule has 0 atom stereocenters. The van der Waals surface area contributed by atoms with Crippen LogP contribution >= 0.6 is 31.9 Å². The fraction of sp³-hybridized carbons (Fsp3) is 0. The molecule has 0 bridgehead atoms. The van der Waals surface area contributed by atoms with Crippen LogP contribution in [-0.4, -0.2) is 15.2 Å². The predicted octanol–water partition coefficient (Wildman–Crippen LogP) is 4.90. The molecule has 6 heteroatoms. The minimum atomic E-state index is 0.435. The van der Waals surface area contributed by atoms with Gasteiger partial charge in [-0.3, -0.25) is 0 Å². The molecule has 3 aromatic rings. The van der Waals surface area contributed by atoms with Gasteiger partial charge in [-0.1, -0.05) is 30.9 Å². The molecule has 3 rings (SSSR count). The van der Waals surface area contributed by atoms with E-state index in [1.165, 1.54) is 0 Å². The average molecular weight is 395 g/mol. The van der Waals surface area contributed by atoms with E-state index >= 15 is 0 Å². The first-order valence-electron chi connectivity index (χ1n) is 5.79. The Bertz CT molecular complexity index is 757. The van der Waals surface area contributed by atoms with Gasteiger partial charge in [0.25, 0.3) is 5.89 Å². The molecule has 0 fully saturated rings. The second-order valence-corrected chi connectivity index (χ2v) is 5.70. The highest BCUT2D eigenvalue weighted by Crippen LogP contribution is 2.30. The van der Waals surface area contributed by atoms with Crippen molar-refractivity contribution in [2.24, 2.45) is 0 Å². The summed E-state index contributed by atoms with van der Waals surface area (Å²) in [5, 5.41) is 8.16. The minimum Gasteiger partial charge on any atom is -0.415 e. The Balaban J connectivity index is 2.04. The molecular weight excluding hydrogens is 386 g/mol. The van der Waals surface area contributed by atoms with Gasteiger partial charge in [0.05, 0.1) is 9.08 Å². The largest absolute Gasteiger partial charge is 0.415 e. The summed E-state index contributed by atoms with van der Waals surface area (Å²) in [5.41, 5.74) is 2.57. The molecule has 0 saturated carbocycles. The minimum absolute atomic E-state index is 0.435. The van der Waals surface area contributed by atoms with Gasteiger partial charge in [0, 0.05) is 5.56 Å². The summed E-state index contributed by atoms with van der Waals surface area (Å²) < 4.78 is 7.46. The van der Waals surface area contributed by atoms with Crippen molar-refractivity contribution < 1.29 is 4.42 Å². The third-order valence-electron chi connectivity index (χ3n) is 2.79. The number of halogens is 2. The van der Waals surface area contributed by atoms with Crippen LogP contribution in [0.2, 0.25) is 0 Å². The summed E-state index contributed by atoms with van der Waals surface area (Å²) in [5.74, 6) is 0.905. The number of aromatic nitrogens is 3. The molecule has 0 aliphatic carbocycles. The molecule has 20 heavy (non-hydrogen) atoms. The van der Waals surface area contributed by atoms with Gasteiger partial charge >= 0.3 is 0 Å². The molecule has 0 unspecified atom stereocenters. The normalized spacial score (nSPS) is 10.7. The summed E-state index contributed by atoms with van der Waals surface area (Å²) in [6, 6.07) is 9.62. The zero-order chi connectivity index (χ0) is 14.1. The van der Waals surface area contributed by atoms with E-state index in [0.29, 0.717) is 11.8 Å². The Morgan fingerprint density at radius 3 is 2.60 bits per heavy atom. The van der Waals surface area contributed by atoms with Crippen molar-refractivity contribution in [1.29, 1.82) is 0 Å². The van der Waals surface area contributed by atoms with Crippen LogP contribution in [0.1, 0.15) is 5.56 Å². The number of benzene rings is 1. The standard InChI is InChI=1S/C14H9Br2N3O/c1-2-8-5-3-4-6-9(8)13-18-19-14(20-13)11-7-10(15)12(16)17-11/h2-7,17H,1H2. The van der Waals surface area contributed by atoms with E-state index in [4.69, 9.17) is 4.42 Å². The maximum atomic E-state index is 5.72. The molecule has 4 nitrogen and oxygen atoms in total. The summed E-state index contributed by atoms with van der Waals surface area (Å²) in [6.07, 6.45) is 1.76. The van der Waals surface area contributed by atoms with Gasteiger partial charge < -0.3 is 9.40 Å². The molecule has 1 aromatic carbocycles. The SMILES string of the molecule is C=Cc1ccccc1-c1nnc(-c2cc(Br)c(Br)[nH]2)o1. The maximum absolute atomic E-state index is 5.72. The fourth-order valence-electron chi connectivity index (χ4n) is 1.83. The van der Waals surface area contributed by atoms with Crippen LogP contribution in [0.4, 0.5) is 0 Å². The number of nitrogens with one attached hydrogen (secondary N) is 1. The third-order valence-corrected chi connectivity index (χ3v) is 4.57. The van der Waals surface area contributed by atoms with Crippen LogP contribution in [0.15, 0.2) is 50.4 Å². The van der Waals surface area contributed by atoms with Crippen LogP contribution in [0.25, 0.3) is 29.1 Å². The smallest absolute Gasteiger partial charge is 0.264 e. The Morgan fingerprint density at radius 2 is 1.90 bits per heavy atom. The summed E-state index contributed by atoms with van der Waals surface area (Å²) in [4.78, 5) is 3.11. The molecule has 0 spiro atoms. The number of rotatable bonds is 3. The molecule has 0 amide bonds. The number of hydrogen-bond donors (Lipinski definition) is 1. The first-order valence-corrected chi connectivity index (χ1v) is 7.37. The van der Waals surface area contributed by atoms with Crippen LogP contribution < -0.4 is 0 Å². The molecule has 0 radical (unpaired) electrons. The van der Waals surface area contributed by atoms with Crippen molar-refractivity contribution in [3.8, 4) is 23.0 Å². The van der Waals surface area contributed by atoms with E-state index < -0.39 is 0 Å². The van der Waals surface area contributed by atoms with Gasteiger partial charge in [0.2, 0.25) is 5.89 Å². The zero-order valence-corrected chi connectivity index (χ0v) is 13.4. The van der Waals surface area contributed by atoms with Crippen molar-refractivity contribution in [2.45, 2.75) is 0 Å². The topological polar surface area (TPSA) is 54.7 Å². The van der Waals surface area contributed by atoms with E-state index in [0.717, 1.165) is 25.9 Å². The third kappa shape index (κ3) is 2.36. The van der Waals surface area contributed by atoms with E-state index in [1.54, 1.807) is 6.08 Å². The highest BCUT2D eigenvalue weighted by atomic mass is 79.9. The Hall–Kier alpha value is -1.66. The summed E-state index contributed by atoms with van der Waals surface area (Å²) in [7, 11) is 0. The molecule has 2 heterocycles. The van der Waals surface area contributed by atoms with Crippen LogP contribution in [0.5, 0.6) is 0 Å². The van der Waals surface area contributed by atoms with Gasteiger partial charge in [-0.15, -0.1) is 10.2 Å². The molecule has 0 saturated heterocycles. The van der Waals surface area contributed by atoms with Crippen LogP contribution in [0.3, 0.4) is 0 Å². The molecule has 2 aromatic heterocycles. The van der Waals surface area contributed by atoms with Crippen molar-refractivity contribution >= 4 is 37.9 Å². The Morgan fingerprint density at radius 1 is 1.15 bits per heavy atom. The first kappa shape index (κ1) is 13.3. The first-order chi connectivity index (χ1) is 9.69. The Kier molecular flexibility index (Phi) is 3.58. The van der Waals surface area contributed by atoms with Crippen LogP contribution in [0, 0.1) is 0 Å². The lowest BCUT2D eigenvalue weighted by Crippen LogP contribution is -1.82. The quantitative estimate of drug-likeness (QED) is 0.687. The lowest BCUT2D eigenvalue weighted by Gasteiger charge is -1.99. The average Bonchev–Trinajstić information content (AvgIpc) is 3.07. The Labute approximate surface area is 132 Å². The predicted molar refractivity (Wildman–Crippen MR) is 85.0 cm³/mol. The van der Waals surface area contributed by atoms with Crippen molar-refractivity contribution in [3.63, 3.8) is 0 Å². The van der Waals surface area contributed by atoms with E-state index in [2.05, 4.69) is 53.6 Å². The highest BCUT2D eigenvalue weighted by molar-refractivity contribution is 9.13. The van der Waals surface area contributed by atoms with Gasteiger partial charge in [0.1, 0.15) is 5.69 Å². The van der Waals surface area contributed by atoms with Gasteiger partial charge in [-0.05, 0) is 49.6 Å². The lowest BCUT2D eigenvalue weighted by molar-refractivity contribution is 0.582. The fourth-order valence-corrected chi connectivity index (χ4v) is 2.49. The number of hydrogen-bond acceptors (Lipinski definition) is 3. The molecular formula is C14H9Br2N3O. The zero-order valence-electron chi connectivity index (χ0n) is 10.2. The lowest BCUT2D eigenvalue weighted by atomic mass is 10.1.